The van der Waals surface area contributed by atoms with Crippen molar-refractivity contribution in [3.05, 3.63) is 57.3 Å². The van der Waals surface area contributed by atoms with E-state index in [-0.39, 0.29) is 11.3 Å². The van der Waals surface area contributed by atoms with E-state index in [4.69, 9.17) is 5.11 Å². The lowest BCUT2D eigenvalue weighted by Crippen LogP contribution is -2.34. The van der Waals surface area contributed by atoms with Crippen molar-refractivity contribution in [2.24, 2.45) is 0 Å². The van der Waals surface area contributed by atoms with Crippen LogP contribution in [0, 0.1) is 6.92 Å². The number of carbonyl (C=O) groups excluding carboxylic acids is 1. The minimum Gasteiger partial charge on any atom is -0.477 e. The Labute approximate surface area is 132 Å². The average molecular weight is 315 g/mol. The summed E-state index contributed by atoms with van der Waals surface area (Å²) in [7, 11) is 0. The summed E-state index contributed by atoms with van der Waals surface area (Å²) in [5.74, 6) is -0.899. The summed E-state index contributed by atoms with van der Waals surface area (Å²) < 4.78 is 0. The molecule has 1 aromatic carbocycles. The highest BCUT2D eigenvalue weighted by Crippen LogP contribution is 2.48. The van der Waals surface area contributed by atoms with E-state index in [1.165, 1.54) is 11.3 Å². The molecule has 2 aromatic rings. The van der Waals surface area contributed by atoms with Gasteiger partial charge in [0.05, 0.1) is 12.0 Å². The van der Waals surface area contributed by atoms with Crippen LogP contribution in [-0.4, -0.2) is 17.0 Å². The topological polar surface area (TPSA) is 66.4 Å². The number of hydrogen-bond donors (Lipinski definition) is 2. The molecule has 22 heavy (non-hydrogen) atoms. The number of rotatable bonds is 5. The fourth-order valence-corrected chi connectivity index (χ4v) is 3.43. The molecule has 1 aliphatic rings. The van der Waals surface area contributed by atoms with E-state index >= 15 is 0 Å². The zero-order valence-corrected chi connectivity index (χ0v) is 13.1. The number of hydrogen-bond acceptors (Lipinski definition) is 3. The maximum atomic E-state index is 12.5. The van der Waals surface area contributed by atoms with Gasteiger partial charge in [0.15, 0.2) is 0 Å². The Morgan fingerprint density at radius 3 is 2.64 bits per heavy atom. The summed E-state index contributed by atoms with van der Waals surface area (Å²) in [6, 6.07) is 11.4. The first-order chi connectivity index (χ1) is 10.5. The highest BCUT2D eigenvalue weighted by Gasteiger charge is 2.51. The number of carbonyl (C=O) groups is 2. The molecule has 4 nitrogen and oxygen atoms in total. The molecule has 0 unspecified atom stereocenters. The summed E-state index contributed by atoms with van der Waals surface area (Å²) >= 11 is 1.20. The average Bonchev–Trinajstić information content (AvgIpc) is 3.16. The van der Waals surface area contributed by atoms with Crippen LogP contribution in [0.15, 0.2) is 36.4 Å². The van der Waals surface area contributed by atoms with Gasteiger partial charge >= 0.3 is 5.97 Å². The van der Waals surface area contributed by atoms with Gasteiger partial charge in [0.1, 0.15) is 4.88 Å². The molecule has 1 amide bonds. The minimum absolute atomic E-state index is 0.0309. The Morgan fingerprint density at radius 1 is 1.27 bits per heavy atom. The molecule has 0 atom stereocenters. The molecule has 1 saturated carbocycles. The molecule has 5 heteroatoms. The van der Waals surface area contributed by atoms with Gasteiger partial charge in [-0.15, -0.1) is 11.3 Å². The first-order valence-corrected chi connectivity index (χ1v) is 8.00. The third-order valence-electron chi connectivity index (χ3n) is 4.05. The van der Waals surface area contributed by atoms with Gasteiger partial charge in [-0.2, -0.15) is 0 Å². The predicted molar refractivity (Wildman–Crippen MR) is 85.2 cm³/mol. The van der Waals surface area contributed by atoms with Crippen LogP contribution in [0.2, 0.25) is 0 Å². The molecule has 114 valence electrons. The van der Waals surface area contributed by atoms with Gasteiger partial charge in [-0.25, -0.2) is 4.79 Å². The van der Waals surface area contributed by atoms with Crippen molar-refractivity contribution in [2.45, 2.75) is 31.7 Å². The molecule has 1 aromatic heterocycles. The summed E-state index contributed by atoms with van der Waals surface area (Å²) in [6.45, 7) is 2.40. The summed E-state index contributed by atoms with van der Waals surface area (Å²) in [4.78, 5) is 24.5. The van der Waals surface area contributed by atoms with Gasteiger partial charge in [0.2, 0.25) is 5.91 Å². The van der Waals surface area contributed by atoms with E-state index in [9.17, 15) is 9.59 Å². The van der Waals surface area contributed by atoms with Gasteiger partial charge < -0.3 is 10.4 Å². The SMILES string of the molecule is Cc1cccc(C2(C(=O)NCc3ccc(C(=O)O)s3)CC2)c1. The van der Waals surface area contributed by atoms with Gasteiger partial charge in [-0.05, 0) is 37.5 Å². The third-order valence-corrected chi connectivity index (χ3v) is 5.12. The standard InChI is InChI=1S/C17H17NO3S/c1-11-3-2-4-12(9-11)17(7-8-17)16(21)18-10-13-5-6-14(22-13)15(19)20/h2-6,9H,7-8,10H2,1H3,(H,18,21)(H,19,20). The molecule has 0 bridgehead atoms. The molecule has 0 saturated heterocycles. The minimum atomic E-state index is -0.930. The zero-order valence-electron chi connectivity index (χ0n) is 12.3. The molecule has 0 spiro atoms. The lowest BCUT2D eigenvalue weighted by atomic mass is 9.93. The van der Waals surface area contributed by atoms with Crippen LogP contribution in [0.3, 0.4) is 0 Å². The Balaban J connectivity index is 1.68. The maximum absolute atomic E-state index is 12.5. The van der Waals surface area contributed by atoms with Gasteiger partial charge in [0.25, 0.3) is 0 Å². The van der Waals surface area contributed by atoms with Crippen molar-refractivity contribution >= 4 is 23.2 Å². The van der Waals surface area contributed by atoms with E-state index in [1.807, 2.05) is 25.1 Å². The second-order valence-corrected chi connectivity index (χ2v) is 6.87. The first-order valence-electron chi connectivity index (χ1n) is 7.19. The van der Waals surface area contributed by atoms with E-state index in [2.05, 4.69) is 11.4 Å². The number of aryl methyl sites for hydroxylation is 1. The molecule has 0 aliphatic heterocycles. The highest BCUT2D eigenvalue weighted by molar-refractivity contribution is 7.13. The van der Waals surface area contributed by atoms with Crippen LogP contribution in [-0.2, 0) is 16.8 Å². The number of nitrogens with one attached hydrogen (secondary N) is 1. The van der Waals surface area contributed by atoms with Crippen molar-refractivity contribution in [3.63, 3.8) is 0 Å². The number of carboxylic acid groups (broad SMARTS) is 1. The van der Waals surface area contributed by atoms with Crippen LogP contribution in [0.4, 0.5) is 0 Å². The van der Waals surface area contributed by atoms with Crippen LogP contribution in [0.25, 0.3) is 0 Å². The lowest BCUT2D eigenvalue weighted by molar-refractivity contribution is -0.123. The van der Waals surface area contributed by atoms with Crippen molar-refractivity contribution in [1.29, 1.82) is 0 Å². The van der Waals surface area contributed by atoms with Crippen LogP contribution < -0.4 is 5.32 Å². The van der Waals surface area contributed by atoms with Crippen molar-refractivity contribution in [2.75, 3.05) is 0 Å². The lowest BCUT2D eigenvalue weighted by Gasteiger charge is -2.16. The third kappa shape index (κ3) is 2.76. The van der Waals surface area contributed by atoms with Crippen LogP contribution in [0.5, 0.6) is 0 Å². The highest BCUT2D eigenvalue weighted by atomic mass is 32.1. The normalized spacial score (nSPS) is 15.3. The fraction of sp³-hybridized carbons (Fsp3) is 0.294. The number of benzene rings is 1. The van der Waals surface area contributed by atoms with E-state index in [0.29, 0.717) is 11.4 Å². The quantitative estimate of drug-likeness (QED) is 0.891. The number of thiophene rings is 1. The Hall–Kier alpha value is -2.14. The van der Waals surface area contributed by atoms with Gasteiger partial charge in [-0.1, -0.05) is 29.8 Å². The molecule has 0 radical (unpaired) electrons. The molecular formula is C17H17NO3S. The maximum Gasteiger partial charge on any atom is 0.345 e. The van der Waals surface area contributed by atoms with Gasteiger partial charge in [-0.3, -0.25) is 4.79 Å². The fourth-order valence-electron chi connectivity index (χ4n) is 2.64. The molecular weight excluding hydrogens is 298 g/mol. The molecule has 1 heterocycles. The van der Waals surface area contributed by atoms with E-state index < -0.39 is 5.97 Å². The van der Waals surface area contributed by atoms with Gasteiger partial charge in [0, 0.05) is 4.88 Å². The molecule has 2 N–H and O–H groups in total. The first kappa shape index (κ1) is 14.8. The molecule has 1 aliphatic carbocycles. The summed E-state index contributed by atoms with van der Waals surface area (Å²) in [5.41, 5.74) is 1.84. The van der Waals surface area contributed by atoms with Crippen molar-refractivity contribution < 1.29 is 14.7 Å². The zero-order chi connectivity index (χ0) is 15.7. The van der Waals surface area contributed by atoms with Crippen molar-refractivity contribution in [1.82, 2.24) is 5.32 Å². The van der Waals surface area contributed by atoms with Crippen molar-refractivity contribution in [3.8, 4) is 0 Å². The second-order valence-electron chi connectivity index (χ2n) is 5.71. The predicted octanol–water partition coefficient (Wildman–Crippen LogP) is 3.10. The van der Waals surface area contributed by atoms with E-state index in [1.54, 1.807) is 12.1 Å². The number of aromatic carboxylic acids is 1. The van der Waals surface area contributed by atoms with Crippen LogP contribution in [0.1, 0.15) is 38.5 Å². The summed E-state index contributed by atoms with van der Waals surface area (Å²) in [5, 5.41) is 11.9. The molecule has 3 rings (SSSR count). The summed E-state index contributed by atoms with van der Waals surface area (Å²) in [6.07, 6.45) is 1.74. The smallest absolute Gasteiger partial charge is 0.345 e. The largest absolute Gasteiger partial charge is 0.477 e. The molecule has 1 fully saturated rings. The Morgan fingerprint density at radius 2 is 2.05 bits per heavy atom. The van der Waals surface area contributed by atoms with Crippen LogP contribution >= 0.6 is 11.3 Å². The van der Waals surface area contributed by atoms with E-state index in [0.717, 1.165) is 28.8 Å². The second kappa shape index (κ2) is 5.57. The Bertz CT molecular complexity index is 731. The monoisotopic (exact) mass is 315 g/mol. The number of carboxylic acids is 1. The Kier molecular flexibility index (Phi) is 3.74. The number of amides is 1.